The number of unbranched alkanes of at least 4 members (excludes halogenated alkanes) is 2. The van der Waals surface area contributed by atoms with Gasteiger partial charge in [-0.2, -0.15) is 0 Å². The highest BCUT2D eigenvalue weighted by atomic mass is 16.5. The molecule has 2 aromatic rings. The third-order valence-corrected chi connectivity index (χ3v) is 5.19. The Labute approximate surface area is 196 Å². The quantitative estimate of drug-likeness (QED) is 0.274. The van der Waals surface area contributed by atoms with E-state index in [1.54, 1.807) is 19.9 Å². The van der Waals surface area contributed by atoms with E-state index in [4.69, 9.17) is 9.15 Å². The molecular weight excluding hydrogens is 422 g/mol. The first kappa shape index (κ1) is 26.8. The fourth-order valence-electron chi connectivity index (χ4n) is 3.39. The van der Waals surface area contributed by atoms with Crippen molar-refractivity contribution in [2.45, 2.75) is 90.1 Å². The van der Waals surface area contributed by atoms with Crippen LogP contribution in [0.15, 0.2) is 40.8 Å². The number of benzene rings is 1. The number of hydrogen-bond acceptors (Lipinski definition) is 7. The number of carbonyl (C=O) groups is 1. The van der Waals surface area contributed by atoms with E-state index in [0.29, 0.717) is 30.2 Å². The van der Waals surface area contributed by atoms with Crippen molar-refractivity contribution in [3.05, 3.63) is 47.9 Å². The minimum atomic E-state index is -1.15. The molecule has 1 heterocycles. The molecule has 0 aliphatic heterocycles. The zero-order valence-electron chi connectivity index (χ0n) is 19.8. The molecule has 0 aliphatic carbocycles. The second-order valence-electron chi connectivity index (χ2n) is 8.49. The zero-order chi connectivity index (χ0) is 24.2. The summed E-state index contributed by atoms with van der Waals surface area (Å²) in [7, 11) is 0. The number of carbonyl (C=O) groups excluding carboxylic acids is 1. The number of esters is 1. The molecule has 7 nitrogen and oxygen atoms in total. The molecule has 2 rings (SSSR count). The van der Waals surface area contributed by atoms with Crippen LogP contribution in [0.1, 0.15) is 83.3 Å². The van der Waals surface area contributed by atoms with E-state index in [0.717, 1.165) is 24.8 Å². The molecule has 3 atom stereocenters. The van der Waals surface area contributed by atoms with Crippen LogP contribution in [0.4, 0.5) is 0 Å². The summed E-state index contributed by atoms with van der Waals surface area (Å²) >= 11 is 0. The lowest BCUT2D eigenvalue weighted by atomic mass is 10.0. The van der Waals surface area contributed by atoms with Crippen LogP contribution in [0.3, 0.4) is 0 Å². The molecule has 1 aromatic carbocycles. The maximum atomic E-state index is 11.6. The van der Waals surface area contributed by atoms with Crippen LogP contribution < -0.4 is 0 Å². The number of oxazole rings is 1. The normalized spacial score (nSPS) is 14.5. The van der Waals surface area contributed by atoms with Crippen molar-refractivity contribution < 1.29 is 29.3 Å². The predicted octanol–water partition coefficient (Wildman–Crippen LogP) is 4.81. The maximum absolute atomic E-state index is 11.6. The van der Waals surface area contributed by atoms with E-state index in [1.165, 1.54) is 6.08 Å². The number of ether oxygens (including phenoxy) is 1. The van der Waals surface area contributed by atoms with E-state index in [9.17, 15) is 20.1 Å². The van der Waals surface area contributed by atoms with Gasteiger partial charge >= 0.3 is 5.97 Å². The Morgan fingerprint density at radius 2 is 1.82 bits per heavy atom. The van der Waals surface area contributed by atoms with Gasteiger partial charge in [-0.25, -0.2) is 4.98 Å². The van der Waals surface area contributed by atoms with Crippen molar-refractivity contribution in [3.63, 3.8) is 0 Å². The fourth-order valence-corrected chi connectivity index (χ4v) is 3.39. The van der Waals surface area contributed by atoms with E-state index >= 15 is 0 Å². The number of aliphatic hydroxyl groups is 3. The second kappa shape index (κ2) is 13.9. The highest BCUT2D eigenvalue weighted by Gasteiger charge is 2.21. The van der Waals surface area contributed by atoms with Gasteiger partial charge in [0.2, 0.25) is 5.89 Å². The van der Waals surface area contributed by atoms with E-state index in [2.05, 4.69) is 11.9 Å². The monoisotopic (exact) mass is 459 g/mol. The maximum Gasteiger partial charge on any atom is 0.306 e. The van der Waals surface area contributed by atoms with Gasteiger partial charge in [0.15, 0.2) is 5.76 Å². The number of nitrogens with zero attached hydrogens (tertiary/aromatic N) is 1. The van der Waals surface area contributed by atoms with Crippen molar-refractivity contribution in [1.29, 1.82) is 0 Å². The summed E-state index contributed by atoms with van der Waals surface area (Å²) in [6.07, 6.45) is 4.14. The molecule has 0 bridgehead atoms. The Bertz CT molecular complexity index is 861. The Morgan fingerprint density at radius 3 is 2.48 bits per heavy atom. The Balaban J connectivity index is 2.06. The highest BCUT2D eigenvalue weighted by molar-refractivity contribution is 5.69. The lowest BCUT2D eigenvalue weighted by Crippen LogP contribution is -2.24. The standard InChI is InChI=1S/C26H37NO6/c1-4-5-7-13-22(30)25-23(33-26(27-25)19-11-8-6-9-12-19)17-16-21(29)20(28)14-10-15-24(31)32-18(2)3/h6,8-9,11-12,16-18,20-22,28-30H,4-5,7,10,13-15H2,1-3H3/b17-16+. The summed E-state index contributed by atoms with van der Waals surface area (Å²) in [6.45, 7) is 5.66. The smallest absolute Gasteiger partial charge is 0.306 e. The summed E-state index contributed by atoms with van der Waals surface area (Å²) < 4.78 is 11.0. The molecule has 3 N–H and O–H groups in total. The van der Waals surface area contributed by atoms with E-state index in [1.807, 2.05) is 30.3 Å². The van der Waals surface area contributed by atoms with E-state index < -0.39 is 18.3 Å². The van der Waals surface area contributed by atoms with Crippen LogP contribution in [-0.4, -0.2) is 44.6 Å². The molecule has 182 valence electrons. The number of rotatable bonds is 14. The molecule has 0 saturated heterocycles. The van der Waals surface area contributed by atoms with Crippen LogP contribution in [0.25, 0.3) is 17.5 Å². The summed E-state index contributed by atoms with van der Waals surface area (Å²) in [6, 6.07) is 9.39. The van der Waals surface area contributed by atoms with Gasteiger partial charge in [0.25, 0.3) is 0 Å². The molecule has 0 spiro atoms. The van der Waals surface area contributed by atoms with Crippen LogP contribution in [0.2, 0.25) is 0 Å². The summed E-state index contributed by atoms with van der Waals surface area (Å²) in [5.41, 5.74) is 1.20. The van der Waals surface area contributed by atoms with Crippen LogP contribution in [-0.2, 0) is 9.53 Å². The van der Waals surface area contributed by atoms with Gasteiger partial charge in [-0.05, 0) is 57.4 Å². The van der Waals surface area contributed by atoms with Gasteiger partial charge in [0, 0.05) is 12.0 Å². The summed E-state index contributed by atoms with van der Waals surface area (Å²) in [4.78, 5) is 16.1. The van der Waals surface area contributed by atoms with Gasteiger partial charge in [0.1, 0.15) is 5.69 Å². The van der Waals surface area contributed by atoms with Crippen molar-refractivity contribution in [2.75, 3.05) is 0 Å². The summed E-state index contributed by atoms with van der Waals surface area (Å²) in [5, 5.41) is 31.3. The van der Waals surface area contributed by atoms with Gasteiger partial charge in [-0.1, -0.05) is 44.4 Å². The average molecular weight is 460 g/mol. The number of aliphatic hydroxyl groups excluding tert-OH is 3. The van der Waals surface area contributed by atoms with Crippen LogP contribution >= 0.6 is 0 Å². The van der Waals surface area contributed by atoms with Crippen molar-refractivity contribution >= 4 is 12.0 Å². The molecule has 0 fully saturated rings. The van der Waals surface area contributed by atoms with Crippen LogP contribution in [0, 0.1) is 0 Å². The Hall–Kier alpha value is -2.48. The first-order valence-corrected chi connectivity index (χ1v) is 11.8. The number of hydrogen-bond donors (Lipinski definition) is 3. The molecular formula is C26H37NO6. The van der Waals surface area contributed by atoms with Gasteiger partial charge in [-0.3, -0.25) is 4.79 Å². The van der Waals surface area contributed by atoms with Crippen LogP contribution in [0.5, 0.6) is 0 Å². The third kappa shape index (κ3) is 9.12. The third-order valence-electron chi connectivity index (χ3n) is 5.19. The predicted molar refractivity (Wildman–Crippen MR) is 127 cm³/mol. The van der Waals surface area contributed by atoms with Gasteiger partial charge < -0.3 is 24.5 Å². The SMILES string of the molecule is CCCCCC(O)c1nc(-c2ccccc2)oc1/C=C/C(O)C(O)CCCC(=O)OC(C)C. The average Bonchev–Trinajstić information content (AvgIpc) is 3.22. The summed E-state index contributed by atoms with van der Waals surface area (Å²) in [5.74, 6) is 0.419. The molecule has 0 amide bonds. The molecule has 1 aromatic heterocycles. The molecule has 0 saturated carbocycles. The minimum Gasteiger partial charge on any atom is -0.463 e. The fraction of sp³-hybridized carbons (Fsp3) is 0.538. The lowest BCUT2D eigenvalue weighted by Gasteiger charge is -2.14. The second-order valence-corrected chi connectivity index (χ2v) is 8.49. The molecule has 0 radical (unpaired) electrons. The van der Waals surface area contributed by atoms with E-state index in [-0.39, 0.29) is 24.9 Å². The topological polar surface area (TPSA) is 113 Å². The molecule has 3 unspecified atom stereocenters. The minimum absolute atomic E-state index is 0.176. The zero-order valence-corrected chi connectivity index (χ0v) is 19.8. The van der Waals surface area contributed by atoms with Crippen molar-refractivity contribution in [1.82, 2.24) is 4.98 Å². The highest BCUT2D eigenvalue weighted by Crippen LogP contribution is 2.29. The Morgan fingerprint density at radius 1 is 1.09 bits per heavy atom. The molecule has 33 heavy (non-hydrogen) atoms. The molecule has 0 aliphatic rings. The number of aromatic nitrogens is 1. The lowest BCUT2D eigenvalue weighted by molar-refractivity contribution is -0.147. The molecule has 7 heteroatoms. The van der Waals surface area contributed by atoms with Gasteiger partial charge in [0.05, 0.1) is 24.4 Å². The van der Waals surface area contributed by atoms with Crippen molar-refractivity contribution in [3.8, 4) is 11.5 Å². The van der Waals surface area contributed by atoms with Gasteiger partial charge in [-0.15, -0.1) is 0 Å². The largest absolute Gasteiger partial charge is 0.463 e. The first-order valence-electron chi connectivity index (χ1n) is 11.8. The first-order chi connectivity index (χ1) is 15.8. The Kier molecular flexibility index (Phi) is 11.3. The van der Waals surface area contributed by atoms with Crippen molar-refractivity contribution in [2.24, 2.45) is 0 Å².